The van der Waals surface area contributed by atoms with Crippen LogP contribution in [0.3, 0.4) is 0 Å². The van der Waals surface area contributed by atoms with Gasteiger partial charge in [-0.15, -0.1) is 0 Å². The molecule has 36 heavy (non-hydrogen) atoms. The van der Waals surface area contributed by atoms with E-state index in [1.165, 1.54) is 0 Å². The lowest BCUT2D eigenvalue weighted by Gasteiger charge is -2.11. The van der Waals surface area contributed by atoms with Gasteiger partial charge in [-0.1, -0.05) is 96.5 Å². The zero-order valence-electron chi connectivity index (χ0n) is 19.0. The molecule has 5 heteroatoms. The Balaban J connectivity index is 1.62. The predicted molar refractivity (Wildman–Crippen MR) is 146 cm³/mol. The van der Waals surface area contributed by atoms with E-state index < -0.39 is 0 Å². The minimum absolute atomic E-state index is 0.565. The van der Waals surface area contributed by atoms with E-state index in [4.69, 9.17) is 31.0 Å². The number of halogens is 1. The van der Waals surface area contributed by atoms with E-state index in [1.807, 2.05) is 84.9 Å². The maximum absolute atomic E-state index is 6.33. The number of hydrogen-bond donors (Lipinski definition) is 0. The van der Waals surface area contributed by atoms with Gasteiger partial charge in [0.15, 0.2) is 17.5 Å². The molecule has 0 N–H and O–H groups in total. The third-order valence-electron chi connectivity index (χ3n) is 6.36. The van der Waals surface area contributed by atoms with Gasteiger partial charge in [0.2, 0.25) is 0 Å². The van der Waals surface area contributed by atoms with Gasteiger partial charge >= 0.3 is 0 Å². The monoisotopic (exact) mass is 483 g/mol. The highest BCUT2D eigenvalue weighted by atomic mass is 35.5. The molecule has 7 rings (SSSR count). The summed E-state index contributed by atoms with van der Waals surface area (Å²) < 4.78 is 6.28. The molecule has 0 saturated heterocycles. The molecule has 7 aromatic rings. The summed E-state index contributed by atoms with van der Waals surface area (Å²) in [5.41, 5.74) is 4.30. The van der Waals surface area contributed by atoms with Gasteiger partial charge in [-0.25, -0.2) is 15.0 Å². The van der Waals surface area contributed by atoms with Gasteiger partial charge in [0, 0.05) is 32.5 Å². The lowest BCUT2D eigenvalue weighted by molar-refractivity contribution is 0.669. The SMILES string of the molecule is Clc1cccc(-c2nc(-c3ccccc3)nc(-c3c4ccccc4cc4oc5ccccc5c34)n2)c1. The number of benzene rings is 5. The lowest BCUT2D eigenvalue weighted by atomic mass is 9.98. The molecule has 0 atom stereocenters. The van der Waals surface area contributed by atoms with Gasteiger partial charge in [0.1, 0.15) is 11.2 Å². The van der Waals surface area contributed by atoms with E-state index >= 15 is 0 Å². The first-order valence-electron chi connectivity index (χ1n) is 11.7. The standard InChI is InChI=1S/C31H18ClN3O/c32-22-13-8-12-21(17-22)30-33-29(19-9-2-1-3-10-19)34-31(35-30)28-23-14-5-4-11-20(23)18-26-27(28)24-15-6-7-16-25(24)36-26/h1-18H. The number of hydrogen-bond acceptors (Lipinski definition) is 4. The van der Waals surface area contributed by atoms with Crippen molar-refractivity contribution in [3.05, 3.63) is 114 Å². The van der Waals surface area contributed by atoms with Crippen molar-refractivity contribution >= 4 is 44.3 Å². The second-order valence-corrected chi connectivity index (χ2v) is 9.06. The van der Waals surface area contributed by atoms with Gasteiger partial charge in [0.05, 0.1) is 0 Å². The highest BCUT2D eigenvalue weighted by molar-refractivity contribution is 6.30. The molecule has 5 aromatic carbocycles. The van der Waals surface area contributed by atoms with Crippen LogP contribution in [0.1, 0.15) is 0 Å². The summed E-state index contributed by atoms with van der Waals surface area (Å²) in [6.07, 6.45) is 0. The molecule has 4 nitrogen and oxygen atoms in total. The first kappa shape index (κ1) is 20.8. The van der Waals surface area contributed by atoms with Gasteiger partial charge in [-0.05, 0) is 35.0 Å². The quantitative estimate of drug-likeness (QED) is 0.252. The zero-order chi connectivity index (χ0) is 24.1. The average molecular weight is 484 g/mol. The van der Waals surface area contributed by atoms with Crippen molar-refractivity contribution < 1.29 is 4.42 Å². The van der Waals surface area contributed by atoms with Crippen molar-refractivity contribution in [2.24, 2.45) is 0 Å². The van der Waals surface area contributed by atoms with E-state index in [9.17, 15) is 0 Å². The molecule has 0 aliphatic carbocycles. The maximum Gasteiger partial charge on any atom is 0.165 e. The van der Waals surface area contributed by atoms with Crippen molar-refractivity contribution in [3.8, 4) is 34.2 Å². The molecule has 0 spiro atoms. The molecular weight excluding hydrogens is 466 g/mol. The minimum Gasteiger partial charge on any atom is -0.456 e. The zero-order valence-corrected chi connectivity index (χ0v) is 19.8. The number of para-hydroxylation sites is 1. The summed E-state index contributed by atoms with van der Waals surface area (Å²) in [5.74, 6) is 1.76. The summed E-state index contributed by atoms with van der Waals surface area (Å²) in [5, 5.41) is 4.76. The first-order valence-corrected chi connectivity index (χ1v) is 12.0. The van der Waals surface area contributed by atoms with Crippen molar-refractivity contribution in [2.75, 3.05) is 0 Å². The third-order valence-corrected chi connectivity index (χ3v) is 6.60. The molecule has 0 radical (unpaired) electrons. The van der Waals surface area contributed by atoms with Gasteiger partial charge < -0.3 is 4.42 Å². The van der Waals surface area contributed by atoms with Crippen LogP contribution in [-0.4, -0.2) is 15.0 Å². The fourth-order valence-corrected chi connectivity index (χ4v) is 4.93. The predicted octanol–water partition coefficient (Wildman–Crippen LogP) is 8.58. The van der Waals surface area contributed by atoms with E-state index in [2.05, 4.69) is 24.3 Å². The minimum atomic E-state index is 0.565. The number of furan rings is 1. The van der Waals surface area contributed by atoms with Crippen LogP contribution in [0.25, 0.3) is 66.9 Å². The summed E-state index contributed by atoms with van der Waals surface area (Å²) >= 11 is 6.33. The Morgan fingerprint density at radius 1 is 0.528 bits per heavy atom. The molecule has 2 aromatic heterocycles. The third kappa shape index (κ3) is 3.43. The Hall–Kier alpha value is -4.54. The van der Waals surface area contributed by atoms with E-state index in [0.717, 1.165) is 49.4 Å². The Morgan fingerprint density at radius 2 is 1.19 bits per heavy atom. The molecule has 0 saturated carbocycles. The van der Waals surface area contributed by atoms with E-state index in [-0.39, 0.29) is 0 Å². The summed E-state index contributed by atoms with van der Waals surface area (Å²) in [4.78, 5) is 14.9. The van der Waals surface area contributed by atoms with Gasteiger partial charge in [0.25, 0.3) is 0 Å². The van der Waals surface area contributed by atoms with Crippen LogP contribution >= 0.6 is 11.6 Å². The Bertz CT molecular complexity index is 1910. The van der Waals surface area contributed by atoms with Crippen molar-refractivity contribution in [1.82, 2.24) is 15.0 Å². The van der Waals surface area contributed by atoms with Crippen molar-refractivity contribution in [2.45, 2.75) is 0 Å². The van der Waals surface area contributed by atoms with Gasteiger partial charge in [-0.3, -0.25) is 0 Å². The Morgan fingerprint density at radius 3 is 2.03 bits per heavy atom. The number of rotatable bonds is 3. The Labute approximate surface area is 211 Å². The highest BCUT2D eigenvalue weighted by Gasteiger charge is 2.20. The van der Waals surface area contributed by atoms with Crippen molar-refractivity contribution in [1.29, 1.82) is 0 Å². The maximum atomic E-state index is 6.33. The smallest absolute Gasteiger partial charge is 0.165 e. The molecule has 2 heterocycles. The lowest BCUT2D eigenvalue weighted by Crippen LogP contribution is -2.01. The van der Waals surface area contributed by atoms with Gasteiger partial charge in [-0.2, -0.15) is 0 Å². The normalized spacial score (nSPS) is 11.5. The highest BCUT2D eigenvalue weighted by Crippen LogP contribution is 2.41. The fraction of sp³-hybridized carbons (Fsp3) is 0. The number of fused-ring (bicyclic) bond motifs is 4. The largest absolute Gasteiger partial charge is 0.456 e. The molecule has 0 fully saturated rings. The molecule has 0 unspecified atom stereocenters. The van der Waals surface area contributed by atoms with Crippen LogP contribution < -0.4 is 0 Å². The molecule has 0 amide bonds. The molecular formula is C31H18ClN3O. The first-order chi connectivity index (χ1) is 17.7. The fourth-order valence-electron chi connectivity index (χ4n) is 4.74. The molecule has 0 aliphatic heterocycles. The van der Waals surface area contributed by atoms with Crippen LogP contribution in [0.2, 0.25) is 5.02 Å². The molecule has 0 bridgehead atoms. The Kier molecular flexibility index (Phi) is 4.79. The van der Waals surface area contributed by atoms with Crippen LogP contribution in [0, 0.1) is 0 Å². The van der Waals surface area contributed by atoms with E-state index in [1.54, 1.807) is 0 Å². The number of aromatic nitrogens is 3. The van der Waals surface area contributed by atoms with Crippen molar-refractivity contribution in [3.63, 3.8) is 0 Å². The number of nitrogens with zero attached hydrogens (tertiary/aromatic N) is 3. The van der Waals surface area contributed by atoms with Crippen LogP contribution in [0.5, 0.6) is 0 Å². The second-order valence-electron chi connectivity index (χ2n) is 8.63. The summed E-state index contributed by atoms with van der Waals surface area (Å²) in [6, 6.07) is 36.0. The molecule has 0 aliphatic rings. The average Bonchev–Trinajstić information content (AvgIpc) is 3.30. The van der Waals surface area contributed by atoms with Crippen LogP contribution in [0.4, 0.5) is 0 Å². The summed E-state index contributed by atoms with van der Waals surface area (Å²) in [7, 11) is 0. The van der Waals surface area contributed by atoms with E-state index in [0.29, 0.717) is 22.5 Å². The van der Waals surface area contributed by atoms with Crippen LogP contribution in [0.15, 0.2) is 114 Å². The summed E-state index contributed by atoms with van der Waals surface area (Å²) in [6.45, 7) is 0. The molecule has 170 valence electrons. The topological polar surface area (TPSA) is 51.8 Å². The second kappa shape index (κ2) is 8.29. The van der Waals surface area contributed by atoms with Crippen LogP contribution in [-0.2, 0) is 0 Å².